The van der Waals surface area contributed by atoms with Crippen molar-refractivity contribution in [3.8, 4) is 0 Å². The highest BCUT2D eigenvalue weighted by Crippen LogP contribution is 2.23. The summed E-state index contributed by atoms with van der Waals surface area (Å²) < 4.78 is 7.84. The fraction of sp³-hybridized carbons (Fsp3) is 0.294. The molecule has 1 aromatic carbocycles. The molecule has 3 aromatic rings. The van der Waals surface area contributed by atoms with Gasteiger partial charge in [0, 0.05) is 6.07 Å². The molecular formula is C17H16N4O3S. The largest absolute Gasteiger partial charge is 0.377 e. The monoisotopic (exact) mass is 356 g/mol. The van der Waals surface area contributed by atoms with E-state index in [0.717, 1.165) is 15.9 Å². The van der Waals surface area contributed by atoms with Gasteiger partial charge < -0.3 is 10.1 Å². The maximum absolute atomic E-state index is 12.6. The van der Waals surface area contributed by atoms with Crippen molar-refractivity contribution >= 4 is 27.5 Å². The highest BCUT2D eigenvalue weighted by molar-refractivity contribution is 7.20. The molecule has 128 valence electrons. The van der Waals surface area contributed by atoms with Crippen molar-refractivity contribution in [2.75, 3.05) is 13.2 Å². The Labute approximate surface area is 147 Å². The van der Waals surface area contributed by atoms with Gasteiger partial charge in [-0.05, 0) is 25.1 Å². The Bertz CT molecular complexity index is 964. The molecule has 1 N–H and O–H groups in total. The number of benzene rings is 1. The van der Waals surface area contributed by atoms with Gasteiger partial charge in [-0.1, -0.05) is 12.1 Å². The van der Waals surface area contributed by atoms with Gasteiger partial charge in [0.25, 0.3) is 11.5 Å². The van der Waals surface area contributed by atoms with E-state index in [1.165, 1.54) is 22.1 Å². The first kappa shape index (κ1) is 15.9. The zero-order valence-corrected chi connectivity index (χ0v) is 14.3. The zero-order chi connectivity index (χ0) is 17.4. The second-order valence-electron chi connectivity index (χ2n) is 5.93. The molecule has 0 spiro atoms. The molecule has 3 heterocycles. The number of carbonyl (C=O) groups is 1. The molecule has 0 saturated carbocycles. The van der Waals surface area contributed by atoms with E-state index in [0.29, 0.717) is 18.2 Å². The van der Waals surface area contributed by atoms with Crippen LogP contribution in [0.25, 0.3) is 10.2 Å². The standard InChI is InChI=1S/C17H16N4O3S/c1-10-6-7-15(22)21(20-10)13-9-24-8-12(13)18-16(23)17-19-11-4-2-3-5-14(11)25-17/h2-7,12-13H,8-9H2,1H3,(H,18,23). The highest BCUT2D eigenvalue weighted by Gasteiger charge is 2.33. The molecule has 25 heavy (non-hydrogen) atoms. The molecule has 2 aromatic heterocycles. The molecule has 1 aliphatic rings. The van der Waals surface area contributed by atoms with Crippen LogP contribution in [0.3, 0.4) is 0 Å². The van der Waals surface area contributed by atoms with Gasteiger partial charge in [-0.15, -0.1) is 11.3 Å². The Morgan fingerprint density at radius 3 is 2.96 bits per heavy atom. The summed E-state index contributed by atoms with van der Waals surface area (Å²) in [6.07, 6.45) is 0. The molecule has 0 bridgehead atoms. The summed E-state index contributed by atoms with van der Waals surface area (Å²) in [6, 6.07) is 10.1. The van der Waals surface area contributed by atoms with Crippen molar-refractivity contribution in [2.45, 2.75) is 19.0 Å². The van der Waals surface area contributed by atoms with Crippen molar-refractivity contribution in [1.82, 2.24) is 20.1 Å². The molecule has 1 amide bonds. The lowest BCUT2D eigenvalue weighted by molar-refractivity contribution is 0.0924. The third-order valence-electron chi connectivity index (χ3n) is 4.13. The maximum atomic E-state index is 12.6. The van der Waals surface area contributed by atoms with E-state index in [4.69, 9.17) is 4.74 Å². The van der Waals surface area contributed by atoms with Crippen LogP contribution in [-0.2, 0) is 4.74 Å². The smallest absolute Gasteiger partial charge is 0.280 e. The number of thiazole rings is 1. The number of aromatic nitrogens is 3. The minimum absolute atomic E-state index is 0.208. The lowest BCUT2D eigenvalue weighted by atomic mass is 10.1. The summed E-state index contributed by atoms with van der Waals surface area (Å²) in [4.78, 5) is 29.0. The van der Waals surface area contributed by atoms with E-state index in [1.54, 1.807) is 6.07 Å². The SMILES string of the molecule is Cc1ccc(=O)n(C2COCC2NC(=O)c2nc3ccccc3s2)n1. The Balaban J connectivity index is 1.57. The van der Waals surface area contributed by atoms with Crippen LogP contribution in [0.2, 0.25) is 0 Å². The number of ether oxygens (including phenoxy) is 1. The molecule has 1 saturated heterocycles. The van der Waals surface area contributed by atoms with Crippen LogP contribution in [-0.4, -0.2) is 39.9 Å². The lowest BCUT2D eigenvalue weighted by Crippen LogP contribution is -2.44. The summed E-state index contributed by atoms with van der Waals surface area (Å²) in [5.74, 6) is -0.262. The van der Waals surface area contributed by atoms with Crippen LogP contribution in [0.1, 0.15) is 21.5 Å². The number of hydrogen-bond donors (Lipinski definition) is 1. The van der Waals surface area contributed by atoms with Gasteiger partial charge in [-0.2, -0.15) is 5.10 Å². The molecule has 0 aliphatic carbocycles. The summed E-state index contributed by atoms with van der Waals surface area (Å²) in [5.41, 5.74) is 1.33. The predicted octanol–water partition coefficient (Wildman–Crippen LogP) is 1.53. The highest BCUT2D eigenvalue weighted by atomic mass is 32.1. The van der Waals surface area contributed by atoms with Crippen LogP contribution in [0.15, 0.2) is 41.2 Å². The minimum atomic E-state index is -0.328. The summed E-state index contributed by atoms with van der Waals surface area (Å²) in [6.45, 7) is 2.49. The number of rotatable bonds is 3. The van der Waals surface area contributed by atoms with Gasteiger partial charge in [-0.3, -0.25) is 9.59 Å². The van der Waals surface area contributed by atoms with Gasteiger partial charge in [0.05, 0.1) is 35.2 Å². The Hall–Kier alpha value is -2.58. The van der Waals surface area contributed by atoms with E-state index in [2.05, 4.69) is 15.4 Å². The lowest BCUT2D eigenvalue weighted by Gasteiger charge is -2.19. The van der Waals surface area contributed by atoms with Crippen molar-refractivity contribution < 1.29 is 9.53 Å². The maximum Gasteiger partial charge on any atom is 0.280 e. The first-order chi connectivity index (χ1) is 12.1. The average molecular weight is 356 g/mol. The molecule has 0 radical (unpaired) electrons. The predicted molar refractivity (Wildman–Crippen MR) is 94.0 cm³/mol. The van der Waals surface area contributed by atoms with E-state index in [9.17, 15) is 9.59 Å². The van der Waals surface area contributed by atoms with Crippen molar-refractivity contribution in [3.63, 3.8) is 0 Å². The number of aryl methyl sites for hydroxylation is 1. The van der Waals surface area contributed by atoms with Gasteiger partial charge in [-0.25, -0.2) is 9.67 Å². The summed E-state index contributed by atoms with van der Waals surface area (Å²) in [5, 5.41) is 7.61. The first-order valence-corrected chi connectivity index (χ1v) is 8.74. The van der Waals surface area contributed by atoms with E-state index < -0.39 is 0 Å². The third kappa shape index (κ3) is 3.06. The molecule has 7 nitrogen and oxygen atoms in total. The number of nitrogens with zero attached hydrogens (tertiary/aromatic N) is 3. The van der Waals surface area contributed by atoms with Gasteiger partial charge in [0.15, 0.2) is 5.01 Å². The molecule has 2 atom stereocenters. The normalized spacial score (nSPS) is 20.0. The molecule has 2 unspecified atom stereocenters. The number of para-hydroxylation sites is 1. The van der Waals surface area contributed by atoms with Gasteiger partial charge >= 0.3 is 0 Å². The first-order valence-electron chi connectivity index (χ1n) is 7.92. The fourth-order valence-corrected chi connectivity index (χ4v) is 3.75. The van der Waals surface area contributed by atoms with Crippen LogP contribution >= 0.6 is 11.3 Å². The van der Waals surface area contributed by atoms with Crippen LogP contribution in [0.5, 0.6) is 0 Å². The molecule has 1 aliphatic heterocycles. The minimum Gasteiger partial charge on any atom is -0.377 e. The Kier molecular flexibility index (Phi) is 4.06. The van der Waals surface area contributed by atoms with Crippen molar-refractivity contribution in [2.24, 2.45) is 0 Å². The van der Waals surface area contributed by atoms with Crippen LogP contribution < -0.4 is 10.9 Å². The van der Waals surface area contributed by atoms with Crippen LogP contribution in [0, 0.1) is 6.92 Å². The number of amides is 1. The Morgan fingerprint density at radius 2 is 2.12 bits per heavy atom. The topological polar surface area (TPSA) is 86.1 Å². The fourth-order valence-electron chi connectivity index (χ4n) is 2.88. The second kappa shape index (κ2) is 6.38. The Morgan fingerprint density at radius 1 is 1.28 bits per heavy atom. The molecular weight excluding hydrogens is 340 g/mol. The molecule has 8 heteroatoms. The van der Waals surface area contributed by atoms with E-state index in [-0.39, 0.29) is 23.6 Å². The zero-order valence-electron chi connectivity index (χ0n) is 13.5. The van der Waals surface area contributed by atoms with Gasteiger partial charge in [0.1, 0.15) is 6.04 Å². The van der Waals surface area contributed by atoms with Gasteiger partial charge in [0.2, 0.25) is 0 Å². The second-order valence-corrected chi connectivity index (χ2v) is 6.96. The summed E-state index contributed by atoms with van der Waals surface area (Å²) >= 11 is 1.34. The molecule has 4 rings (SSSR count). The number of nitrogens with one attached hydrogen (secondary N) is 1. The summed E-state index contributed by atoms with van der Waals surface area (Å²) in [7, 11) is 0. The number of fused-ring (bicyclic) bond motifs is 1. The number of carbonyl (C=O) groups excluding carboxylic acids is 1. The quantitative estimate of drug-likeness (QED) is 0.769. The third-order valence-corrected chi connectivity index (χ3v) is 5.16. The van der Waals surface area contributed by atoms with Crippen molar-refractivity contribution in [3.05, 3.63) is 57.5 Å². The number of hydrogen-bond acceptors (Lipinski definition) is 6. The molecule has 1 fully saturated rings. The van der Waals surface area contributed by atoms with E-state index >= 15 is 0 Å². The van der Waals surface area contributed by atoms with E-state index in [1.807, 2.05) is 31.2 Å². The average Bonchev–Trinajstić information content (AvgIpc) is 3.23. The van der Waals surface area contributed by atoms with Crippen molar-refractivity contribution in [1.29, 1.82) is 0 Å². The van der Waals surface area contributed by atoms with Crippen LogP contribution in [0.4, 0.5) is 0 Å².